The highest BCUT2D eigenvalue weighted by Crippen LogP contribution is 2.39. The van der Waals surface area contributed by atoms with E-state index in [0.29, 0.717) is 42.0 Å². The molecule has 0 unspecified atom stereocenters. The van der Waals surface area contributed by atoms with Gasteiger partial charge in [0.1, 0.15) is 16.5 Å². The minimum absolute atomic E-state index is 0.0660. The molecule has 12 nitrogen and oxygen atoms in total. The van der Waals surface area contributed by atoms with Gasteiger partial charge in [-0.3, -0.25) is 10.1 Å². The number of piperidine rings is 2. The molecule has 5 heterocycles. The second-order valence-corrected chi connectivity index (χ2v) is 10.7. The van der Waals surface area contributed by atoms with E-state index in [0.717, 1.165) is 31.5 Å². The summed E-state index contributed by atoms with van der Waals surface area (Å²) in [5.74, 6) is 0.916. The average Bonchev–Trinajstić information content (AvgIpc) is 3.30. The van der Waals surface area contributed by atoms with Gasteiger partial charge in [0.15, 0.2) is 5.82 Å². The minimum atomic E-state index is -3.88. The molecule has 2 bridgehead atoms. The van der Waals surface area contributed by atoms with Crippen molar-refractivity contribution in [1.29, 1.82) is 0 Å². The summed E-state index contributed by atoms with van der Waals surface area (Å²) in [4.78, 5) is 12.5. The number of anilines is 3. The number of fused-ring (bicyclic) bond motifs is 2. The molecule has 5 rings (SSSR count). The molecule has 0 spiro atoms. The molecule has 0 aromatic carbocycles. The number of methoxy groups -OCH3 is 1. The third-order valence-corrected chi connectivity index (χ3v) is 8.44. The molecular weight excluding hydrogens is 491 g/mol. The quantitative estimate of drug-likeness (QED) is 0.348. The Labute approximate surface area is 207 Å². The number of hydrogen-bond donors (Lipinski definition) is 4. The van der Waals surface area contributed by atoms with Gasteiger partial charge in [-0.25, -0.2) is 12.8 Å². The maximum absolute atomic E-state index is 13.7. The van der Waals surface area contributed by atoms with E-state index in [1.807, 2.05) is 0 Å². The highest BCUT2D eigenvalue weighted by molar-refractivity contribution is 7.89. The molecule has 36 heavy (non-hydrogen) atoms. The van der Waals surface area contributed by atoms with Crippen LogP contribution >= 0.6 is 0 Å². The summed E-state index contributed by atoms with van der Waals surface area (Å²) in [5.41, 5.74) is 0.555. The molecule has 4 N–H and O–H groups in total. The molecular formula is C22H27FN8O4S. The van der Waals surface area contributed by atoms with Crippen molar-refractivity contribution in [3.05, 3.63) is 42.1 Å². The van der Waals surface area contributed by atoms with E-state index >= 15 is 0 Å². The Balaban J connectivity index is 1.34. The molecule has 2 fully saturated rings. The van der Waals surface area contributed by atoms with Gasteiger partial charge in [0.05, 0.1) is 25.6 Å². The first kappa shape index (κ1) is 24.3. The number of nitrogens with one attached hydrogen (secondary N) is 3. The molecule has 14 heteroatoms. The predicted molar refractivity (Wildman–Crippen MR) is 128 cm³/mol. The van der Waals surface area contributed by atoms with E-state index in [4.69, 9.17) is 4.74 Å². The predicted octanol–water partition coefficient (Wildman–Crippen LogP) is 2.16. The zero-order chi connectivity index (χ0) is 25.3. The van der Waals surface area contributed by atoms with Crippen LogP contribution in [-0.4, -0.2) is 68.2 Å². The molecule has 0 saturated carbocycles. The summed E-state index contributed by atoms with van der Waals surface area (Å²) in [7, 11) is -2.37. The monoisotopic (exact) mass is 518 g/mol. The van der Waals surface area contributed by atoms with E-state index in [2.05, 4.69) is 35.8 Å². The smallest absolute Gasteiger partial charge is 0.245 e. The number of aromatic amines is 1. The Hall–Kier alpha value is -3.36. The van der Waals surface area contributed by atoms with Crippen molar-refractivity contribution in [2.24, 2.45) is 0 Å². The fourth-order valence-corrected chi connectivity index (χ4v) is 6.85. The van der Waals surface area contributed by atoms with Crippen LogP contribution in [0.1, 0.15) is 37.8 Å². The van der Waals surface area contributed by atoms with Crippen LogP contribution in [-0.2, 0) is 16.6 Å². The van der Waals surface area contributed by atoms with Crippen LogP contribution in [0.3, 0.4) is 0 Å². The number of sulfonamides is 1. The van der Waals surface area contributed by atoms with Crippen LogP contribution in [0.5, 0.6) is 5.88 Å². The summed E-state index contributed by atoms with van der Waals surface area (Å²) in [6.45, 7) is -0.166. The van der Waals surface area contributed by atoms with Gasteiger partial charge in [-0.2, -0.15) is 19.4 Å². The van der Waals surface area contributed by atoms with Crippen LogP contribution in [0.15, 0.2) is 35.5 Å². The summed E-state index contributed by atoms with van der Waals surface area (Å²) in [6.07, 6.45) is 5.66. The van der Waals surface area contributed by atoms with Gasteiger partial charge in [0.25, 0.3) is 0 Å². The maximum Gasteiger partial charge on any atom is 0.245 e. The van der Waals surface area contributed by atoms with E-state index < -0.39 is 15.8 Å². The fourth-order valence-electron chi connectivity index (χ4n) is 4.98. The fraction of sp³-hybridized carbons (Fsp3) is 0.455. The highest BCUT2D eigenvalue weighted by atomic mass is 32.2. The first-order valence-corrected chi connectivity index (χ1v) is 13.1. The Morgan fingerprint density at radius 2 is 1.94 bits per heavy atom. The molecule has 2 aliphatic rings. The van der Waals surface area contributed by atoms with Crippen LogP contribution in [0, 0.1) is 5.82 Å². The van der Waals surface area contributed by atoms with Gasteiger partial charge in [-0.15, -0.1) is 0 Å². The number of aliphatic hydroxyl groups is 1. The highest BCUT2D eigenvalue weighted by Gasteiger charge is 2.45. The van der Waals surface area contributed by atoms with E-state index in [1.54, 1.807) is 16.4 Å². The molecule has 3 atom stereocenters. The molecule has 3 aromatic heterocycles. The number of nitrogens with zero attached hydrogens (tertiary/aromatic N) is 5. The van der Waals surface area contributed by atoms with E-state index in [9.17, 15) is 17.9 Å². The molecule has 0 radical (unpaired) electrons. The lowest BCUT2D eigenvalue weighted by atomic mass is 9.84. The summed E-state index contributed by atoms with van der Waals surface area (Å²) in [5, 5.41) is 22.4. The van der Waals surface area contributed by atoms with Crippen LogP contribution in [0.4, 0.5) is 22.0 Å². The third-order valence-electron chi connectivity index (χ3n) is 6.47. The number of ether oxygens (including phenoxy) is 1. The van der Waals surface area contributed by atoms with E-state index in [1.165, 1.54) is 13.3 Å². The second kappa shape index (κ2) is 9.95. The molecule has 192 valence electrons. The standard InChI is InChI=1S/C22H27FN8O4S/c1-35-21-9-19(26-20-8-15(12-32)29-30-20)27-22(28-21)25-14-6-16-3-2-4-17(7-14)31(16)36(33,34)18-5-13(23)10-24-11-18/h5,8-11,14,16-17,32H,2-4,6-7,12H2,1H3,(H3,25,26,27,28,29,30)/t14-,16-,17+. The minimum Gasteiger partial charge on any atom is -0.481 e. The molecule has 2 saturated heterocycles. The first-order valence-electron chi connectivity index (χ1n) is 11.6. The van der Waals surface area contributed by atoms with Crippen molar-refractivity contribution in [2.75, 3.05) is 17.7 Å². The zero-order valence-electron chi connectivity index (χ0n) is 19.6. The van der Waals surface area contributed by atoms with Gasteiger partial charge in [0.2, 0.25) is 21.9 Å². The van der Waals surface area contributed by atoms with Crippen LogP contribution in [0.2, 0.25) is 0 Å². The van der Waals surface area contributed by atoms with Crippen molar-refractivity contribution < 1.29 is 22.7 Å². The number of rotatable bonds is 8. The Bertz CT molecular complexity index is 1320. The topological polar surface area (TPSA) is 158 Å². The number of hydrogen-bond acceptors (Lipinski definition) is 10. The van der Waals surface area contributed by atoms with Gasteiger partial charge in [-0.1, -0.05) is 6.42 Å². The van der Waals surface area contributed by atoms with Crippen molar-refractivity contribution in [3.63, 3.8) is 0 Å². The third kappa shape index (κ3) is 4.96. The van der Waals surface area contributed by atoms with Crippen molar-refractivity contribution >= 4 is 27.6 Å². The van der Waals surface area contributed by atoms with Crippen molar-refractivity contribution in [3.8, 4) is 5.88 Å². The van der Waals surface area contributed by atoms with Crippen molar-refractivity contribution in [1.82, 2.24) is 29.5 Å². The van der Waals surface area contributed by atoms with Gasteiger partial charge >= 0.3 is 0 Å². The van der Waals surface area contributed by atoms with Crippen molar-refractivity contribution in [2.45, 2.75) is 61.7 Å². The maximum atomic E-state index is 13.7. The first-order chi connectivity index (χ1) is 17.4. The normalized spacial score (nSPS) is 22.2. The average molecular weight is 519 g/mol. The number of halogens is 1. The summed E-state index contributed by atoms with van der Waals surface area (Å²) < 4.78 is 47.3. The number of aromatic nitrogens is 5. The molecule has 0 amide bonds. The Kier molecular flexibility index (Phi) is 6.73. The largest absolute Gasteiger partial charge is 0.481 e. The zero-order valence-corrected chi connectivity index (χ0v) is 20.4. The van der Waals surface area contributed by atoms with Gasteiger partial charge in [0, 0.05) is 36.5 Å². The second-order valence-electron chi connectivity index (χ2n) is 8.91. The number of H-pyrrole nitrogens is 1. The number of pyridine rings is 1. The van der Waals surface area contributed by atoms with Gasteiger partial charge < -0.3 is 20.5 Å². The lowest BCUT2D eigenvalue weighted by molar-refractivity contribution is 0.115. The lowest BCUT2D eigenvalue weighted by Gasteiger charge is -2.47. The van der Waals surface area contributed by atoms with E-state index in [-0.39, 0.29) is 29.6 Å². The molecule has 0 aliphatic carbocycles. The molecule has 2 aliphatic heterocycles. The Morgan fingerprint density at radius 1 is 1.17 bits per heavy atom. The lowest BCUT2D eigenvalue weighted by Crippen LogP contribution is -2.57. The Morgan fingerprint density at radius 3 is 2.61 bits per heavy atom. The number of aliphatic hydroxyl groups excluding tert-OH is 1. The molecule has 3 aromatic rings. The summed E-state index contributed by atoms with van der Waals surface area (Å²) in [6, 6.07) is 3.77. The van der Waals surface area contributed by atoms with Gasteiger partial charge in [-0.05, 0) is 31.7 Å². The van der Waals surface area contributed by atoms with Crippen LogP contribution in [0.25, 0.3) is 0 Å². The summed E-state index contributed by atoms with van der Waals surface area (Å²) >= 11 is 0. The SMILES string of the molecule is COc1cc(Nc2cc(CO)[nH]n2)nc(N[C@@H]2C[C@H]3CCC[C@@H](C2)N3S(=O)(=O)c2cncc(F)c2)n1. The van der Waals surface area contributed by atoms with Crippen LogP contribution < -0.4 is 15.4 Å².